The predicted octanol–water partition coefficient (Wildman–Crippen LogP) is 15.8. The van der Waals surface area contributed by atoms with Crippen LogP contribution in [0.2, 0.25) is 0 Å². The molecule has 1 atom stereocenters. The van der Waals surface area contributed by atoms with Crippen LogP contribution in [0.15, 0.2) is 97.2 Å². The van der Waals surface area contributed by atoms with Crippen LogP contribution >= 0.6 is 0 Å². The molecule has 0 spiro atoms. The first-order valence-electron chi connectivity index (χ1n) is 24.3. The molecule has 6 nitrogen and oxygen atoms in total. The first kappa shape index (κ1) is 56.3. The molecule has 340 valence electrons. The second kappa shape index (κ2) is 48.0. The average molecular weight is 833 g/mol. The normalized spacial score (nSPS) is 12.9. The van der Waals surface area contributed by atoms with Gasteiger partial charge in [-0.05, 0) is 83.5 Å². The maximum absolute atomic E-state index is 12.7. The highest BCUT2D eigenvalue weighted by Gasteiger charge is 2.19. The molecule has 0 saturated carbocycles. The SMILES string of the molecule is CC\C=C/C=C\C=C/C=C\CCCCCC(=O)OC(COC(=O)CCCCCCC\C=C/C=C\C=C/CC)COC(=O)CCCCCCC/C=C\CCCCCCCCC. The van der Waals surface area contributed by atoms with Crippen molar-refractivity contribution in [3.63, 3.8) is 0 Å². The van der Waals surface area contributed by atoms with Crippen molar-refractivity contribution >= 4 is 17.9 Å². The third kappa shape index (κ3) is 45.4. The third-order valence-corrected chi connectivity index (χ3v) is 9.96. The number of carbonyl (C=O) groups is 3. The van der Waals surface area contributed by atoms with Gasteiger partial charge in [0, 0.05) is 19.3 Å². The summed E-state index contributed by atoms with van der Waals surface area (Å²) in [6.45, 7) is 6.28. The Balaban J connectivity index is 4.48. The molecule has 0 aromatic rings. The van der Waals surface area contributed by atoms with Gasteiger partial charge in [0.15, 0.2) is 6.10 Å². The van der Waals surface area contributed by atoms with Crippen molar-refractivity contribution in [3.05, 3.63) is 97.2 Å². The van der Waals surface area contributed by atoms with Gasteiger partial charge in [-0.3, -0.25) is 14.4 Å². The van der Waals surface area contributed by atoms with Crippen molar-refractivity contribution in [2.45, 2.75) is 213 Å². The second-order valence-corrected chi connectivity index (χ2v) is 15.8. The number of unbranched alkanes of at least 4 members (excludes halogenated alkanes) is 20. The first-order valence-corrected chi connectivity index (χ1v) is 24.3. The molecule has 0 radical (unpaired) electrons. The minimum absolute atomic E-state index is 0.106. The fourth-order valence-electron chi connectivity index (χ4n) is 6.33. The Hall–Kier alpha value is -3.67. The van der Waals surface area contributed by atoms with Gasteiger partial charge in [-0.2, -0.15) is 0 Å². The summed E-state index contributed by atoms with van der Waals surface area (Å²) in [6, 6.07) is 0. The van der Waals surface area contributed by atoms with Gasteiger partial charge in [-0.25, -0.2) is 0 Å². The molecule has 0 aliphatic rings. The molecule has 0 aliphatic carbocycles. The fourth-order valence-corrected chi connectivity index (χ4v) is 6.33. The van der Waals surface area contributed by atoms with E-state index in [1.807, 2.05) is 36.5 Å². The largest absolute Gasteiger partial charge is 0.462 e. The lowest BCUT2D eigenvalue weighted by molar-refractivity contribution is -0.167. The summed E-state index contributed by atoms with van der Waals surface area (Å²) < 4.78 is 16.7. The Morgan fingerprint density at radius 1 is 0.350 bits per heavy atom. The van der Waals surface area contributed by atoms with Crippen molar-refractivity contribution in [1.82, 2.24) is 0 Å². The van der Waals surface area contributed by atoms with Gasteiger partial charge in [-0.1, -0.05) is 201 Å². The van der Waals surface area contributed by atoms with Crippen LogP contribution in [-0.4, -0.2) is 37.2 Å². The van der Waals surface area contributed by atoms with Crippen LogP contribution in [-0.2, 0) is 28.6 Å². The van der Waals surface area contributed by atoms with Gasteiger partial charge in [-0.15, -0.1) is 0 Å². The second-order valence-electron chi connectivity index (χ2n) is 15.8. The summed E-state index contributed by atoms with van der Waals surface area (Å²) in [5.41, 5.74) is 0. The van der Waals surface area contributed by atoms with E-state index in [-0.39, 0.29) is 37.5 Å². The number of hydrogen-bond acceptors (Lipinski definition) is 6. The zero-order chi connectivity index (χ0) is 43.7. The summed E-state index contributed by atoms with van der Waals surface area (Å²) in [6.07, 6.45) is 62.5. The zero-order valence-electron chi connectivity index (χ0n) is 38.7. The molecule has 0 fully saturated rings. The molecule has 0 N–H and O–H groups in total. The molecule has 6 heteroatoms. The lowest BCUT2D eigenvalue weighted by Gasteiger charge is -2.18. The Morgan fingerprint density at radius 3 is 1.08 bits per heavy atom. The first-order chi connectivity index (χ1) is 29.5. The minimum Gasteiger partial charge on any atom is -0.462 e. The molecule has 60 heavy (non-hydrogen) atoms. The van der Waals surface area contributed by atoms with Crippen molar-refractivity contribution in [2.24, 2.45) is 0 Å². The quantitative estimate of drug-likeness (QED) is 0.0200. The van der Waals surface area contributed by atoms with Crippen LogP contribution in [0.1, 0.15) is 207 Å². The molecular formula is C54H88O6. The monoisotopic (exact) mass is 833 g/mol. The lowest BCUT2D eigenvalue weighted by Crippen LogP contribution is -2.30. The van der Waals surface area contributed by atoms with E-state index in [1.165, 1.54) is 57.8 Å². The van der Waals surface area contributed by atoms with E-state index in [9.17, 15) is 14.4 Å². The Labute approximate surface area is 368 Å². The van der Waals surface area contributed by atoms with E-state index >= 15 is 0 Å². The zero-order valence-corrected chi connectivity index (χ0v) is 38.7. The summed E-state index contributed by atoms with van der Waals surface area (Å²) in [5.74, 6) is -0.981. The third-order valence-electron chi connectivity index (χ3n) is 9.96. The van der Waals surface area contributed by atoms with E-state index in [0.717, 1.165) is 103 Å². The summed E-state index contributed by atoms with van der Waals surface area (Å²) in [7, 11) is 0. The Kier molecular flexibility index (Phi) is 45.1. The molecular weight excluding hydrogens is 745 g/mol. The summed E-state index contributed by atoms with van der Waals surface area (Å²) >= 11 is 0. The highest BCUT2D eigenvalue weighted by molar-refractivity contribution is 5.71. The van der Waals surface area contributed by atoms with Crippen LogP contribution in [0.5, 0.6) is 0 Å². The van der Waals surface area contributed by atoms with Crippen molar-refractivity contribution in [3.8, 4) is 0 Å². The van der Waals surface area contributed by atoms with Crippen molar-refractivity contribution < 1.29 is 28.6 Å². The fraction of sp³-hybridized carbons (Fsp3) is 0.648. The van der Waals surface area contributed by atoms with E-state index in [1.54, 1.807) is 0 Å². The van der Waals surface area contributed by atoms with Gasteiger partial charge in [0.05, 0.1) is 0 Å². The van der Waals surface area contributed by atoms with Crippen LogP contribution in [0, 0.1) is 0 Å². The maximum atomic E-state index is 12.7. The highest BCUT2D eigenvalue weighted by atomic mass is 16.6. The number of carbonyl (C=O) groups excluding carboxylic acids is 3. The number of allylic oxidation sites excluding steroid dienone is 16. The van der Waals surface area contributed by atoms with Crippen LogP contribution in [0.4, 0.5) is 0 Å². The number of esters is 3. The summed E-state index contributed by atoms with van der Waals surface area (Å²) in [4.78, 5) is 37.9. The van der Waals surface area contributed by atoms with Gasteiger partial charge < -0.3 is 14.2 Å². The predicted molar refractivity (Wildman–Crippen MR) is 256 cm³/mol. The van der Waals surface area contributed by atoms with Crippen LogP contribution in [0.3, 0.4) is 0 Å². The number of hydrogen-bond donors (Lipinski definition) is 0. The molecule has 0 aromatic heterocycles. The van der Waals surface area contributed by atoms with E-state index < -0.39 is 6.10 Å². The maximum Gasteiger partial charge on any atom is 0.306 e. The highest BCUT2D eigenvalue weighted by Crippen LogP contribution is 2.13. The molecule has 0 bridgehead atoms. The Morgan fingerprint density at radius 2 is 0.667 bits per heavy atom. The van der Waals surface area contributed by atoms with Crippen LogP contribution < -0.4 is 0 Å². The molecule has 0 rings (SSSR count). The molecule has 0 heterocycles. The minimum atomic E-state index is -0.809. The molecule has 0 saturated heterocycles. The standard InChI is InChI=1S/C54H88O6/c1-4-7-10-13-16-19-22-25-26-27-30-32-35-38-41-44-47-53(56)59-50-51(60-54(57)48-45-42-39-36-33-29-24-21-18-15-12-9-6-3)49-58-52(55)46-43-40-37-34-31-28-23-20-17-14-11-8-5-2/h8-9,11-12,14-15,17-18,20-21,23-24,26-27,29,33,51H,4-7,10,13,16,19,22,25,28,30-32,34-50H2,1-3H3/b11-8-,12-9-,17-14-,18-15-,23-20-,24-21-,27-26-,33-29-. The van der Waals surface area contributed by atoms with Crippen molar-refractivity contribution in [2.75, 3.05) is 13.2 Å². The smallest absolute Gasteiger partial charge is 0.306 e. The van der Waals surface area contributed by atoms with E-state index in [0.29, 0.717) is 19.3 Å². The Bertz CT molecular complexity index is 1230. The van der Waals surface area contributed by atoms with Crippen molar-refractivity contribution in [1.29, 1.82) is 0 Å². The number of rotatable bonds is 42. The summed E-state index contributed by atoms with van der Waals surface area (Å²) in [5, 5.41) is 0. The van der Waals surface area contributed by atoms with Crippen LogP contribution in [0.25, 0.3) is 0 Å². The average Bonchev–Trinajstić information content (AvgIpc) is 3.24. The molecule has 0 aromatic carbocycles. The van der Waals surface area contributed by atoms with Gasteiger partial charge in [0.2, 0.25) is 0 Å². The van der Waals surface area contributed by atoms with E-state index in [4.69, 9.17) is 14.2 Å². The molecule has 0 amide bonds. The molecule has 1 unspecified atom stereocenters. The molecule has 0 aliphatic heterocycles. The van der Waals surface area contributed by atoms with E-state index in [2.05, 4.69) is 81.5 Å². The van der Waals surface area contributed by atoms with Gasteiger partial charge in [0.25, 0.3) is 0 Å². The number of ether oxygens (including phenoxy) is 3. The lowest BCUT2D eigenvalue weighted by atomic mass is 10.1. The van der Waals surface area contributed by atoms with Gasteiger partial charge in [0.1, 0.15) is 13.2 Å². The van der Waals surface area contributed by atoms with Gasteiger partial charge >= 0.3 is 17.9 Å². The topological polar surface area (TPSA) is 78.9 Å².